The number of hydrogen-bond acceptors (Lipinski definition) is 4. The van der Waals surface area contributed by atoms with Gasteiger partial charge in [0, 0.05) is 12.6 Å². The van der Waals surface area contributed by atoms with E-state index in [0.717, 1.165) is 18.4 Å². The van der Waals surface area contributed by atoms with Gasteiger partial charge in [0.15, 0.2) is 0 Å². The van der Waals surface area contributed by atoms with Gasteiger partial charge in [-0.2, -0.15) is 0 Å². The Morgan fingerprint density at radius 3 is 2.65 bits per heavy atom. The average molecular weight is 278 g/mol. The average Bonchev–Trinajstić information content (AvgIpc) is 2.86. The smallest absolute Gasteiger partial charge is 0.311 e. The first-order chi connectivity index (χ1) is 9.44. The van der Waals surface area contributed by atoms with Crippen LogP contribution >= 0.6 is 0 Å². The van der Waals surface area contributed by atoms with E-state index in [1.165, 1.54) is 6.07 Å². The van der Waals surface area contributed by atoms with Gasteiger partial charge in [-0.25, -0.2) is 0 Å². The molecule has 6 nitrogen and oxygen atoms in total. The minimum atomic E-state index is -0.821. The minimum Gasteiger partial charge on any atom is -0.481 e. The molecule has 1 aromatic carbocycles. The number of aryl methyl sites for hydroxylation is 1. The van der Waals surface area contributed by atoms with E-state index >= 15 is 0 Å². The predicted molar refractivity (Wildman–Crippen MR) is 74.9 cm³/mol. The van der Waals surface area contributed by atoms with Gasteiger partial charge in [0.05, 0.1) is 10.3 Å². The van der Waals surface area contributed by atoms with Crippen molar-refractivity contribution in [3.63, 3.8) is 0 Å². The van der Waals surface area contributed by atoms with E-state index in [-0.39, 0.29) is 12.2 Å². The molecule has 2 N–H and O–H groups in total. The van der Waals surface area contributed by atoms with Gasteiger partial charge in [0.2, 0.25) is 0 Å². The Hall–Kier alpha value is -2.11. The summed E-state index contributed by atoms with van der Waals surface area (Å²) in [5, 5.41) is 23.4. The van der Waals surface area contributed by atoms with Crippen molar-refractivity contribution in [3.05, 3.63) is 33.9 Å². The number of rotatable bonds is 5. The van der Waals surface area contributed by atoms with Gasteiger partial charge < -0.3 is 10.4 Å². The predicted octanol–water partition coefficient (Wildman–Crippen LogP) is 2.96. The van der Waals surface area contributed by atoms with Crippen LogP contribution in [0, 0.1) is 22.5 Å². The van der Waals surface area contributed by atoms with Crippen molar-refractivity contribution >= 4 is 17.3 Å². The number of aliphatic carboxylic acids is 1. The highest BCUT2D eigenvalue weighted by Crippen LogP contribution is 2.39. The fourth-order valence-electron chi connectivity index (χ4n) is 2.73. The highest BCUT2D eigenvalue weighted by molar-refractivity contribution is 5.76. The SMILES string of the molecule is Cc1ccc([N+](=O)[O-])c(NCC2(C(=O)O)CCCC2)c1. The second-order valence-electron chi connectivity index (χ2n) is 5.42. The van der Waals surface area contributed by atoms with Crippen molar-refractivity contribution in [1.29, 1.82) is 0 Å². The number of carboxylic acids is 1. The molecule has 1 aliphatic rings. The van der Waals surface area contributed by atoms with E-state index in [1.54, 1.807) is 12.1 Å². The van der Waals surface area contributed by atoms with Crippen LogP contribution < -0.4 is 5.32 Å². The van der Waals surface area contributed by atoms with Crippen LogP contribution in [0.4, 0.5) is 11.4 Å². The van der Waals surface area contributed by atoms with Crippen LogP contribution in [-0.2, 0) is 4.79 Å². The fourth-order valence-corrected chi connectivity index (χ4v) is 2.73. The third-order valence-corrected chi connectivity index (χ3v) is 3.98. The number of carbonyl (C=O) groups is 1. The molecular formula is C14H18N2O4. The Bertz CT molecular complexity index is 536. The molecule has 1 saturated carbocycles. The molecular weight excluding hydrogens is 260 g/mol. The monoisotopic (exact) mass is 278 g/mol. The molecule has 0 spiro atoms. The fraction of sp³-hybridized carbons (Fsp3) is 0.500. The van der Waals surface area contributed by atoms with E-state index in [1.807, 2.05) is 6.92 Å². The molecule has 0 amide bonds. The lowest BCUT2D eigenvalue weighted by Gasteiger charge is -2.24. The molecule has 1 fully saturated rings. The van der Waals surface area contributed by atoms with Crippen LogP contribution in [0.1, 0.15) is 31.2 Å². The van der Waals surface area contributed by atoms with E-state index in [4.69, 9.17) is 0 Å². The zero-order valence-corrected chi connectivity index (χ0v) is 11.4. The third kappa shape index (κ3) is 2.74. The molecule has 108 valence electrons. The van der Waals surface area contributed by atoms with Gasteiger partial charge in [0.1, 0.15) is 5.69 Å². The van der Waals surface area contributed by atoms with Crippen molar-refractivity contribution in [2.45, 2.75) is 32.6 Å². The summed E-state index contributed by atoms with van der Waals surface area (Å²) in [5.74, 6) is -0.821. The highest BCUT2D eigenvalue weighted by Gasteiger charge is 2.41. The molecule has 0 bridgehead atoms. The molecule has 20 heavy (non-hydrogen) atoms. The zero-order valence-electron chi connectivity index (χ0n) is 11.4. The lowest BCUT2D eigenvalue weighted by molar-refractivity contribution is -0.384. The van der Waals surface area contributed by atoms with Crippen molar-refractivity contribution in [3.8, 4) is 0 Å². The van der Waals surface area contributed by atoms with Crippen LogP contribution in [0.2, 0.25) is 0 Å². The second kappa shape index (κ2) is 5.48. The van der Waals surface area contributed by atoms with Gasteiger partial charge >= 0.3 is 5.97 Å². The first kappa shape index (κ1) is 14.3. The van der Waals surface area contributed by atoms with E-state index in [9.17, 15) is 20.0 Å². The standard InChI is InChI=1S/C14H18N2O4/c1-10-4-5-12(16(19)20)11(8-10)15-9-14(13(17)18)6-2-3-7-14/h4-5,8,15H,2-3,6-7,9H2,1H3,(H,17,18). The van der Waals surface area contributed by atoms with Gasteiger partial charge in [-0.15, -0.1) is 0 Å². The summed E-state index contributed by atoms with van der Waals surface area (Å²) >= 11 is 0. The third-order valence-electron chi connectivity index (χ3n) is 3.98. The maximum Gasteiger partial charge on any atom is 0.311 e. The van der Waals surface area contributed by atoms with Crippen LogP contribution in [0.15, 0.2) is 18.2 Å². The summed E-state index contributed by atoms with van der Waals surface area (Å²) in [4.78, 5) is 22.0. The van der Waals surface area contributed by atoms with Gasteiger partial charge in [-0.05, 0) is 31.4 Å². The molecule has 1 aromatic rings. The van der Waals surface area contributed by atoms with Crippen molar-refractivity contribution in [2.75, 3.05) is 11.9 Å². The zero-order chi connectivity index (χ0) is 14.8. The molecule has 0 aromatic heterocycles. The molecule has 2 rings (SSSR count). The maximum atomic E-state index is 11.5. The van der Waals surface area contributed by atoms with Crippen LogP contribution in [0.25, 0.3) is 0 Å². The quantitative estimate of drug-likeness (QED) is 0.638. The number of benzene rings is 1. The maximum absolute atomic E-state index is 11.5. The molecule has 0 radical (unpaired) electrons. The van der Waals surface area contributed by atoms with Crippen molar-refractivity contribution in [1.82, 2.24) is 0 Å². The summed E-state index contributed by atoms with van der Waals surface area (Å²) in [5.41, 5.74) is 0.475. The Morgan fingerprint density at radius 1 is 1.45 bits per heavy atom. The number of carboxylic acid groups (broad SMARTS) is 1. The largest absolute Gasteiger partial charge is 0.481 e. The lowest BCUT2D eigenvalue weighted by Crippen LogP contribution is -2.35. The molecule has 0 saturated heterocycles. The van der Waals surface area contributed by atoms with E-state index < -0.39 is 16.3 Å². The number of nitro benzene ring substituents is 1. The Balaban J connectivity index is 2.20. The Labute approximate surface area is 117 Å². The Kier molecular flexibility index (Phi) is 3.92. The summed E-state index contributed by atoms with van der Waals surface area (Å²) < 4.78 is 0. The minimum absolute atomic E-state index is 0.0193. The molecule has 6 heteroatoms. The van der Waals surface area contributed by atoms with Gasteiger partial charge in [-0.1, -0.05) is 18.9 Å². The summed E-state index contributed by atoms with van der Waals surface area (Å²) in [7, 11) is 0. The second-order valence-corrected chi connectivity index (χ2v) is 5.42. The number of nitrogens with zero attached hydrogens (tertiary/aromatic N) is 1. The molecule has 0 aliphatic heterocycles. The Morgan fingerprint density at radius 2 is 2.10 bits per heavy atom. The van der Waals surface area contributed by atoms with Crippen LogP contribution in [0.5, 0.6) is 0 Å². The van der Waals surface area contributed by atoms with Crippen molar-refractivity contribution in [2.24, 2.45) is 5.41 Å². The summed E-state index contributed by atoms with van der Waals surface area (Å²) in [6.45, 7) is 2.07. The van der Waals surface area contributed by atoms with Crippen LogP contribution in [0.3, 0.4) is 0 Å². The lowest BCUT2D eigenvalue weighted by atomic mass is 9.86. The highest BCUT2D eigenvalue weighted by atomic mass is 16.6. The number of hydrogen-bond donors (Lipinski definition) is 2. The molecule has 0 unspecified atom stereocenters. The van der Waals surface area contributed by atoms with Crippen LogP contribution in [-0.4, -0.2) is 22.5 Å². The van der Waals surface area contributed by atoms with Gasteiger partial charge in [-0.3, -0.25) is 14.9 Å². The number of nitrogens with one attached hydrogen (secondary N) is 1. The number of anilines is 1. The summed E-state index contributed by atoms with van der Waals surface area (Å²) in [6.07, 6.45) is 3.03. The van der Waals surface area contributed by atoms with E-state index in [2.05, 4.69) is 5.32 Å². The molecule has 0 atom stereocenters. The first-order valence-electron chi connectivity index (χ1n) is 6.67. The van der Waals surface area contributed by atoms with Gasteiger partial charge in [0.25, 0.3) is 5.69 Å². The normalized spacial score (nSPS) is 16.9. The first-order valence-corrected chi connectivity index (χ1v) is 6.67. The number of nitro groups is 1. The molecule has 1 aliphatic carbocycles. The summed E-state index contributed by atoms with van der Waals surface area (Å²) in [6, 6.07) is 4.80. The van der Waals surface area contributed by atoms with Crippen molar-refractivity contribution < 1.29 is 14.8 Å². The molecule has 0 heterocycles. The topological polar surface area (TPSA) is 92.5 Å². The van der Waals surface area contributed by atoms with E-state index in [0.29, 0.717) is 18.5 Å².